The average molecular weight is 208 g/mol. The SMILES string of the molecule is OCc1ccc(N2CCCC(O)C2)nc1. The van der Waals surface area contributed by atoms with Gasteiger partial charge in [0.05, 0.1) is 12.7 Å². The number of β-amino-alcohol motifs (C(OH)–C–C–N with tert-alkyl or cyclic N) is 1. The Bertz CT molecular complexity index is 313. The molecule has 0 amide bonds. The van der Waals surface area contributed by atoms with E-state index in [0.29, 0.717) is 6.54 Å². The molecule has 0 saturated carbocycles. The van der Waals surface area contributed by atoms with Crippen molar-refractivity contribution >= 4 is 5.82 Å². The van der Waals surface area contributed by atoms with E-state index in [0.717, 1.165) is 30.8 Å². The predicted octanol–water partition coefficient (Wildman–Crippen LogP) is 0.535. The van der Waals surface area contributed by atoms with Crippen molar-refractivity contribution in [2.75, 3.05) is 18.0 Å². The molecule has 2 heterocycles. The Morgan fingerprint density at radius 3 is 2.93 bits per heavy atom. The molecule has 15 heavy (non-hydrogen) atoms. The van der Waals surface area contributed by atoms with Gasteiger partial charge in [-0.2, -0.15) is 0 Å². The van der Waals surface area contributed by atoms with Crippen LogP contribution in [0.5, 0.6) is 0 Å². The third-order valence-corrected chi connectivity index (χ3v) is 2.71. The second-order valence-corrected chi connectivity index (χ2v) is 3.92. The van der Waals surface area contributed by atoms with Crippen LogP contribution >= 0.6 is 0 Å². The summed E-state index contributed by atoms with van der Waals surface area (Å²) >= 11 is 0. The quantitative estimate of drug-likeness (QED) is 0.744. The zero-order valence-electron chi connectivity index (χ0n) is 8.63. The number of aliphatic hydroxyl groups is 2. The van der Waals surface area contributed by atoms with Crippen molar-refractivity contribution < 1.29 is 10.2 Å². The molecule has 1 fully saturated rings. The number of anilines is 1. The van der Waals surface area contributed by atoms with E-state index < -0.39 is 0 Å². The van der Waals surface area contributed by atoms with E-state index in [1.165, 1.54) is 0 Å². The molecule has 0 bridgehead atoms. The first kappa shape index (κ1) is 10.4. The van der Waals surface area contributed by atoms with Crippen LogP contribution < -0.4 is 4.90 Å². The fourth-order valence-electron chi connectivity index (χ4n) is 1.86. The number of hydrogen-bond donors (Lipinski definition) is 2. The molecule has 4 heteroatoms. The summed E-state index contributed by atoms with van der Waals surface area (Å²) in [6.07, 6.45) is 3.32. The molecule has 4 nitrogen and oxygen atoms in total. The van der Waals surface area contributed by atoms with Gasteiger partial charge in [-0.05, 0) is 24.5 Å². The van der Waals surface area contributed by atoms with Gasteiger partial charge in [-0.1, -0.05) is 6.07 Å². The summed E-state index contributed by atoms with van der Waals surface area (Å²) in [5.74, 6) is 0.881. The van der Waals surface area contributed by atoms with Crippen molar-refractivity contribution in [1.82, 2.24) is 4.98 Å². The van der Waals surface area contributed by atoms with Gasteiger partial charge in [0.1, 0.15) is 5.82 Å². The van der Waals surface area contributed by atoms with Crippen LogP contribution in [0.25, 0.3) is 0 Å². The summed E-state index contributed by atoms with van der Waals surface area (Å²) < 4.78 is 0. The second-order valence-electron chi connectivity index (χ2n) is 3.92. The molecule has 1 aromatic rings. The van der Waals surface area contributed by atoms with Crippen molar-refractivity contribution in [1.29, 1.82) is 0 Å². The van der Waals surface area contributed by atoms with Crippen molar-refractivity contribution in [3.8, 4) is 0 Å². The third-order valence-electron chi connectivity index (χ3n) is 2.71. The van der Waals surface area contributed by atoms with Crippen LogP contribution in [-0.2, 0) is 6.61 Å². The van der Waals surface area contributed by atoms with Gasteiger partial charge in [0.25, 0.3) is 0 Å². The maximum atomic E-state index is 9.53. The highest BCUT2D eigenvalue weighted by molar-refractivity contribution is 5.39. The third kappa shape index (κ3) is 2.46. The standard InChI is InChI=1S/C11H16N2O2/c14-8-9-3-4-11(12-6-9)13-5-1-2-10(15)7-13/h3-4,6,10,14-15H,1-2,5,7-8H2. The molecule has 1 aliphatic heterocycles. The Morgan fingerprint density at radius 1 is 1.47 bits per heavy atom. The molecule has 0 aliphatic carbocycles. The largest absolute Gasteiger partial charge is 0.392 e. The molecule has 1 saturated heterocycles. The zero-order valence-corrected chi connectivity index (χ0v) is 8.63. The van der Waals surface area contributed by atoms with Crippen LogP contribution in [0.3, 0.4) is 0 Å². The maximum absolute atomic E-state index is 9.53. The lowest BCUT2D eigenvalue weighted by molar-refractivity contribution is 0.154. The Balaban J connectivity index is 2.07. The van der Waals surface area contributed by atoms with E-state index in [2.05, 4.69) is 9.88 Å². The average Bonchev–Trinajstić information content (AvgIpc) is 2.29. The molecule has 0 aromatic carbocycles. The topological polar surface area (TPSA) is 56.6 Å². The lowest BCUT2D eigenvalue weighted by Gasteiger charge is -2.30. The minimum Gasteiger partial charge on any atom is -0.392 e. The molecule has 0 spiro atoms. The number of piperidine rings is 1. The summed E-state index contributed by atoms with van der Waals surface area (Å²) in [5.41, 5.74) is 0.816. The number of nitrogens with zero attached hydrogens (tertiary/aromatic N) is 2. The van der Waals surface area contributed by atoms with Gasteiger partial charge in [-0.3, -0.25) is 0 Å². The highest BCUT2D eigenvalue weighted by Crippen LogP contribution is 2.17. The van der Waals surface area contributed by atoms with Gasteiger partial charge in [0, 0.05) is 19.3 Å². The van der Waals surface area contributed by atoms with Gasteiger partial charge < -0.3 is 15.1 Å². The molecule has 1 atom stereocenters. The minimum absolute atomic E-state index is 0.0237. The van der Waals surface area contributed by atoms with Gasteiger partial charge >= 0.3 is 0 Å². The van der Waals surface area contributed by atoms with E-state index >= 15 is 0 Å². The lowest BCUT2D eigenvalue weighted by atomic mass is 10.1. The molecular weight excluding hydrogens is 192 g/mol. The van der Waals surface area contributed by atoms with Crippen LogP contribution in [0, 0.1) is 0 Å². The number of pyridine rings is 1. The number of aromatic nitrogens is 1. The van der Waals surface area contributed by atoms with Crippen LogP contribution in [0.4, 0.5) is 5.82 Å². The van der Waals surface area contributed by atoms with E-state index in [9.17, 15) is 5.11 Å². The molecule has 1 aromatic heterocycles. The summed E-state index contributed by atoms with van der Waals surface area (Å²) in [6, 6.07) is 3.76. The highest BCUT2D eigenvalue weighted by atomic mass is 16.3. The lowest BCUT2D eigenvalue weighted by Crippen LogP contribution is -2.38. The normalized spacial score (nSPS) is 21.7. The van der Waals surface area contributed by atoms with E-state index in [4.69, 9.17) is 5.11 Å². The zero-order chi connectivity index (χ0) is 10.7. The van der Waals surface area contributed by atoms with E-state index in [1.54, 1.807) is 6.20 Å². The highest BCUT2D eigenvalue weighted by Gasteiger charge is 2.18. The molecule has 2 rings (SSSR count). The molecule has 1 unspecified atom stereocenters. The Kier molecular flexibility index (Phi) is 3.18. The first-order chi connectivity index (χ1) is 7.29. The summed E-state index contributed by atoms with van der Waals surface area (Å²) in [6.45, 7) is 1.63. The smallest absolute Gasteiger partial charge is 0.128 e. The van der Waals surface area contributed by atoms with Gasteiger partial charge in [-0.25, -0.2) is 4.98 Å². The number of hydrogen-bond acceptors (Lipinski definition) is 4. The Hall–Kier alpha value is -1.13. The van der Waals surface area contributed by atoms with Crippen molar-refractivity contribution in [2.24, 2.45) is 0 Å². The Labute approximate surface area is 89.2 Å². The summed E-state index contributed by atoms with van der Waals surface area (Å²) in [4.78, 5) is 6.34. The first-order valence-corrected chi connectivity index (χ1v) is 5.28. The molecule has 2 N–H and O–H groups in total. The number of rotatable bonds is 2. The summed E-state index contributed by atoms with van der Waals surface area (Å²) in [5, 5.41) is 18.4. The monoisotopic (exact) mass is 208 g/mol. The fourth-order valence-corrected chi connectivity index (χ4v) is 1.86. The van der Waals surface area contributed by atoms with Gasteiger partial charge in [-0.15, -0.1) is 0 Å². The molecular formula is C11H16N2O2. The minimum atomic E-state index is -0.238. The van der Waals surface area contributed by atoms with Crippen LogP contribution in [0.2, 0.25) is 0 Å². The van der Waals surface area contributed by atoms with Crippen LogP contribution in [0.1, 0.15) is 18.4 Å². The van der Waals surface area contributed by atoms with E-state index in [-0.39, 0.29) is 12.7 Å². The van der Waals surface area contributed by atoms with Crippen molar-refractivity contribution in [2.45, 2.75) is 25.6 Å². The van der Waals surface area contributed by atoms with Crippen LogP contribution in [-0.4, -0.2) is 34.4 Å². The van der Waals surface area contributed by atoms with Gasteiger partial charge in [0.15, 0.2) is 0 Å². The molecule has 82 valence electrons. The number of aliphatic hydroxyl groups excluding tert-OH is 2. The molecule has 1 aliphatic rings. The Morgan fingerprint density at radius 2 is 2.33 bits per heavy atom. The van der Waals surface area contributed by atoms with Crippen molar-refractivity contribution in [3.05, 3.63) is 23.9 Å². The molecule has 0 radical (unpaired) electrons. The van der Waals surface area contributed by atoms with Crippen LogP contribution in [0.15, 0.2) is 18.3 Å². The first-order valence-electron chi connectivity index (χ1n) is 5.28. The van der Waals surface area contributed by atoms with Gasteiger partial charge in [0.2, 0.25) is 0 Å². The predicted molar refractivity (Wildman–Crippen MR) is 57.6 cm³/mol. The van der Waals surface area contributed by atoms with E-state index in [1.807, 2.05) is 12.1 Å². The maximum Gasteiger partial charge on any atom is 0.128 e. The second kappa shape index (κ2) is 4.59. The summed E-state index contributed by atoms with van der Waals surface area (Å²) in [7, 11) is 0. The van der Waals surface area contributed by atoms with Crippen molar-refractivity contribution in [3.63, 3.8) is 0 Å². The fraction of sp³-hybridized carbons (Fsp3) is 0.545.